The summed E-state index contributed by atoms with van der Waals surface area (Å²) in [6, 6.07) is 2.60. The minimum atomic E-state index is -0.419. The number of amides is 1. The number of nitrogens with one attached hydrogen (secondary N) is 1. The zero-order chi connectivity index (χ0) is 13.0. The van der Waals surface area contributed by atoms with Gasteiger partial charge in [-0.1, -0.05) is 6.92 Å². The van der Waals surface area contributed by atoms with E-state index in [9.17, 15) is 4.79 Å². The topological polar surface area (TPSA) is 64.3 Å². The van der Waals surface area contributed by atoms with E-state index in [4.69, 9.17) is 10.5 Å². The number of ether oxygens (including phenoxy) is 1. The summed E-state index contributed by atoms with van der Waals surface area (Å²) in [4.78, 5) is 10.5. The number of thiophene rings is 1. The van der Waals surface area contributed by atoms with E-state index in [1.807, 2.05) is 23.1 Å². The molecule has 1 aromatic rings. The van der Waals surface area contributed by atoms with E-state index in [1.165, 1.54) is 9.77 Å². The molecular formula is C12H18N2O2S2. The summed E-state index contributed by atoms with van der Waals surface area (Å²) in [5.41, 5.74) is 6.40. The first-order chi connectivity index (χ1) is 8.66. The van der Waals surface area contributed by atoms with Crippen molar-refractivity contribution < 1.29 is 9.53 Å². The van der Waals surface area contributed by atoms with Gasteiger partial charge in [0.05, 0.1) is 10.8 Å². The van der Waals surface area contributed by atoms with Crippen molar-refractivity contribution in [2.75, 3.05) is 19.8 Å². The number of hydrogen-bond donors (Lipinski definition) is 2. The Hall–Kier alpha value is -0.560. The lowest BCUT2D eigenvalue weighted by Gasteiger charge is -2.27. The molecule has 0 spiro atoms. The number of thioether (sulfide) groups is 1. The number of primary amides is 1. The van der Waals surface area contributed by atoms with E-state index in [-0.39, 0.29) is 6.61 Å². The summed E-state index contributed by atoms with van der Waals surface area (Å²) in [5.74, 6) is -0.419. The average molecular weight is 286 g/mol. The molecule has 18 heavy (non-hydrogen) atoms. The molecule has 100 valence electrons. The summed E-state index contributed by atoms with van der Waals surface area (Å²) in [7, 11) is 0. The van der Waals surface area contributed by atoms with Crippen molar-refractivity contribution in [2.24, 2.45) is 5.73 Å². The van der Waals surface area contributed by atoms with Gasteiger partial charge in [0, 0.05) is 17.8 Å². The molecule has 0 aromatic carbocycles. The highest BCUT2D eigenvalue weighted by molar-refractivity contribution is 8.01. The van der Waals surface area contributed by atoms with Crippen LogP contribution in [0.3, 0.4) is 0 Å². The molecule has 0 aliphatic carbocycles. The Morgan fingerprint density at radius 2 is 2.50 bits per heavy atom. The van der Waals surface area contributed by atoms with Crippen molar-refractivity contribution in [3.8, 4) is 0 Å². The summed E-state index contributed by atoms with van der Waals surface area (Å²) in [6.07, 6.45) is 1.13. The van der Waals surface area contributed by atoms with Gasteiger partial charge in [-0.15, -0.1) is 23.1 Å². The first-order valence-electron chi connectivity index (χ1n) is 6.00. The van der Waals surface area contributed by atoms with Crippen LogP contribution in [0.5, 0.6) is 0 Å². The van der Waals surface area contributed by atoms with Crippen LogP contribution in [0.2, 0.25) is 0 Å². The van der Waals surface area contributed by atoms with E-state index >= 15 is 0 Å². The molecule has 2 atom stereocenters. The van der Waals surface area contributed by atoms with Crippen LogP contribution in [0.25, 0.3) is 0 Å². The molecule has 2 rings (SSSR count). The molecule has 6 heteroatoms. The second kappa shape index (κ2) is 6.56. The lowest BCUT2D eigenvalue weighted by atomic mass is 10.1. The molecule has 4 nitrogen and oxygen atoms in total. The third-order valence-electron chi connectivity index (χ3n) is 2.79. The normalized spacial score (nSPS) is 22.7. The monoisotopic (exact) mass is 286 g/mol. The van der Waals surface area contributed by atoms with Crippen molar-refractivity contribution in [2.45, 2.75) is 28.8 Å². The molecule has 1 unspecified atom stereocenters. The summed E-state index contributed by atoms with van der Waals surface area (Å²) >= 11 is 3.77. The van der Waals surface area contributed by atoms with Gasteiger partial charge in [0.15, 0.2) is 0 Å². The summed E-state index contributed by atoms with van der Waals surface area (Å²) in [5, 5.41) is 6.27. The first kappa shape index (κ1) is 13.9. The van der Waals surface area contributed by atoms with Crippen LogP contribution < -0.4 is 11.1 Å². The van der Waals surface area contributed by atoms with Crippen LogP contribution in [0.1, 0.15) is 24.9 Å². The molecule has 3 N–H and O–H groups in total. The van der Waals surface area contributed by atoms with Crippen LogP contribution in [-0.4, -0.2) is 30.9 Å². The maximum atomic E-state index is 10.5. The van der Waals surface area contributed by atoms with E-state index in [2.05, 4.69) is 23.7 Å². The van der Waals surface area contributed by atoms with E-state index in [0.717, 1.165) is 13.0 Å². The second-order valence-electron chi connectivity index (χ2n) is 4.35. The number of hydrogen-bond acceptors (Lipinski definition) is 5. The second-order valence-corrected chi connectivity index (χ2v) is 6.98. The van der Waals surface area contributed by atoms with Crippen LogP contribution in [0.15, 0.2) is 15.7 Å². The van der Waals surface area contributed by atoms with Crippen LogP contribution in [0.4, 0.5) is 0 Å². The molecule has 0 saturated heterocycles. The average Bonchev–Trinajstić information content (AvgIpc) is 2.75. The van der Waals surface area contributed by atoms with Crippen LogP contribution >= 0.6 is 23.1 Å². The number of fused-ring (bicyclic) bond motifs is 1. The van der Waals surface area contributed by atoms with Crippen molar-refractivity contribution in [1.82, 2.24) is 5.32 Å². The van der Waals surface area contributed by atoms with E-state index < -0.39 is 5.91 Å². The Morgan fingerprint density at radius 3 is 3.28 bits per heavy atom. The Morgan fingerprint density at radius 1 is 1.67 bits per heavy atom. The van der Waals surface area contributed by atoms with E-state index in [1.54, 1.807) is 0 Å². The highest BCUT2D eigenvalue weighted by atomic mass is 32.2. The van der Waals surface area contributed by atoms with Crippen molar-refractivity contribution >= 4 is 29.0 Å². The third kappa shape index (κ3) is 3.71. The minimum Gasteiger partial charge on any atom is -0.370 e. The maximum absolute atomic E-state index is 10.5. The van der Waals surface area contributed by atoms with Crippen molar-refractivity contribution in [3.63, 3.8) is 0 Å². The Kier molecular flexibility index (Phi) is 5.05. The molecule has 1 amide bonds. The fourth-order valence-corrected chi connectivity index (χ4v) is 4.59. The number of carbonyl (C=O) groups is 1. The van der Waals surface area contributed by atoms with Gasteiger partial charge < -0.3 is 15.8 Å². The van der Waals surface area contributed by atoms with Gasteiger partial charge in [0.25, 0.3) is 0 Å². The smallest absolute Gasteiger partial charge is 0.243 e. The summed E-state index contributed by atoms with van der Waals surface area (Å²) in [6.45, 7) is 3.51. The Balaban J connectivity index is 1.78. The number of carbonyl (C=O) groups excluding carboxylic acids is 1. The van der Waals surface area contributed by atoms with Crippen molar-refractivity contribution in [1.29, 1.82) is 0 Å². The molecule has 1 aromatic heterocycles. The minimum absolute atomic E-state index is 0.00228. The molecule has 0 saturated carbocycles. The number of nitrogens with two attached hydrogens (primary N) is 1. The zero-order valence-electron chi connectivity index (χ0n) is 10.3. The Labute approximate surface area is 115 Å². The lowest BCUT2D eigenvalue weighted by Crippen LogP contribution is -2.30. The lowest BCUT2D eigenvalue weighted by molar-refractivity contribution is -0.122. The van der Waals surface area contributed by atoms with Crippen LogP contribution in [0, 0.1) is 0 Å². The van der Waals surface area contributed by atoms with Gasteiger partial charge in [-0.2, -0.15) is 0 Å². The molecule has 0 bridgehead atoms. The highest BCUT2D eigenvalue weighted by Gasteiger charge is 2.25. The third-order valence-corrected chi connectivity index (χ3v) is 5.13. The zero-order valence-corrected chi connectivity index (χ0v) is 12.0. The van der Waals surface area contributed by atoms with Crippen molar-refractivity contribution in [3.05, 3.63) is 17.0 Å². The fourth-order valence-electron chi connectivity index (χ4n) is 2.02. The van der Waals surface area contributed by atoms with Gasteiger partial charge in [0.2, 0.25) is 5.91 Å². The van der Waals surface area contributed by atoms with Gasteiger partial charge in [-0.25, -0.2) is 0 Å². The molecule has 0 fully saturated rings. The number of rotatable bonds is 6. The molecular weight excluding hydrogens is 268 g/mol. The molecule has 2 heterocycles. The SMILES string of the molecule is C[C@H]1CC(NCCOCC(N)=O)c2ccsc2S1. The van der Waals surface area contributed by atoms with Gasteiger partial charge >= 0.3 is 0 Å². The Bertz CT molecular complexity index is 409. The highest BCUT2D eigenvalue weighted by Crippen LogP contribution is 2.43. The van der Waals surface area contributed by atoms with Crippen LogP contribution in [-0.2, 0) is 9.53 Å². The summed E-state index contributed by atoms with van der Waals surface area (Å²) < 4.78 is 6.56. The predicted molar refractivity (Wildman–Crippen MR) is 75.0 cm³/mol. The fraction of sp³-hybridized carbons (Fsp3) is 0.583. The molecule has 0 radical (unpaired) electrons. The quantitative estimate of drug-likeness (QED) is 0.782. The van der Waals surface area contributed by atoms with Gasteiger partial charge in [-0.05, 0) is 23.4 Å². The van der Waals surface area contributed by atoms with Gasteiger partial charge in [-0.3, -0.25) is 4.79 Å². The van der Waals surface area contributed by atoms with E-state index in [0.29, 0.717) is 17.9 Å². The maximum Gasteiger partial charge on any atom is 0.243 e. The standard InChI is InChI=1S/C12H18N2O2S2/c1-8-6-10(9-2-5-17-12(9)18-8)14-3-4-16-7-11(13)15/h2,5,8,10,14H,3-4,6-7H2,1H3,(H2,13,15)/t8-,10?/m0/s1. The molecule has 1 aliphatic rings. The van der Waals surface area contributed by atoms with Gasteiger partial charge in [0.1, 0.15) is 6.61 Å². The molecule has 1 aliphatic heterocycles. The first-order valence-corrected chi connectivity index (χ1v) is 7.76. The largest absolute Gasteiger partial charge is 0.370 e. The predicted octanol–water partition coefficient (Wildman–Crippen LogP) is 1.77.